The molecule has 0 aliphatic rings. The molecule has 0 bridgehead atoms. The predicted molar refractivity (Wildman–Crippen MR) is 79.9 cm³/mol. The maximum Gasteiger partial charge on any atom is 0.0458 e. The van der Waals surface area contributed by atoms with Gasteiger partial charge in [0, 0.05) is 34.7 Å². The minimum Gasteiger partial charge on any atom is -0.396 e. The quantitative estimate of drug-likeness (QED) is 0.718. The van der Waals surface area contributed by atoms with Crippen molar-refractivity contribution < 1.29 is 5.11 Å². The van der Waals surface area contributed by atoms with Crippen LogP contribution in [0.25, 0.3) is 0 Å². The average Bonchev–Trinajstić information content (AvgIpc) is 2.36. The molecule has 0 spiro atoms. The molecule has 2 unspecified atom stereocenters. The number of nitrogens with two attached hydrogens (primary N) is 1. The topological polar surface area (TPSA) is 58.3 Å². The van der Waals surface area contributed by atoms with Gasteiger partial charge in [0.15, 0.2) is 0 Å². The van der Waals surface area contributed by atoms with Gasteiger partial charge in [0.1, 0.15) is 0 Å². The molecule has 0 saturated heterocycles. The van der Waals surface area contributed by atoms with Gasteiger partial charge in [0.25, 0.3) is 0 Å². The molecular weight excluding hydrogens is 316 g/mol. The maximum absolute atomic E-state index is 8.83. The smallest absolute Gasteiger partial charge is 0.0458 e. The molecule has 18 heavy (non-hydrogen) atoms. The van der Waals surface area contributed by atoms with E-state index in [0.29, 0.717) is 17.6 Å². The van der Waals surface area contributed by atoms with Crippen molar-refractivity contribution >= 4 is 27.5 Å². The highest BCUT2D eigenvalue weighted by atomic mass is 79.9. The Balaban J connectivity index is 2.73. The summed E-state index contributed by atoms with van der Waals surface area (Å²) in [7, 11) is 0. The van der Waals surface area contributed by atoms with E-state index in [0.717, 1.165) is 22.9 Å². The molecule has 5 heteroatoms. The number of nitrogens with one attached hydrogen (secondary N) is 1. The maximum atomic E-state index is 8.83. The number of aliphatic hydroxyl groups excluding tert-OH is 1. The normalized spacial score (nSPS) is 14.5. The summed E-state index contributed by atoms with van der Waals surface area (Å²) in [6.07, 6.45) is 1.72. The summed E-state index contributed by atoms with van der Waals surface area (Å²) < 4.78 is 1.00. The molecule has 1 aromatic carbocycles. The summed E-state index contributed by atoms with van der Waals surface area (Å²) in [5.74, 6) is 0. The summed E-state index contributed by atoms with van der Waals surface area (Å²) in [5.41, 5.74) is 6.90. The van der Waals surface area contributed by atoms with Gasteiger partial charge < -0.3 is 16.2 Å². The zero-order chi connectivity index (χ0) is 13.5. The third-order valence-electron chi connectivity index (χ3n) is 2.85. The fourth-order valence-electron chi connectivity index (χ4n) is 1.89. The standard InChI is InChI=1S/C13H20BrClN2O/c1-9(3-2-6-18)17-13(8-16)11-7-10(15)4-5-12(11)14/h4-5,7,9,13,17-18H,2-3,6,8,16H2,1H3. The van der Waals surface area contributed by atoms with Crippen LogP contribution in [0.2, 0.25) is 5.02 Å². The van der Waals surface area contributed by atoms with E-state index < -0.39 is 0 Å². The first-order valence-corrected chi connectivity index (χ1v) is 7.27. The van der Waals surface area contributed by atoms with Gasteiger partial charge in [-0.25, -0.2) is 0 Å². The van der Waals surface area contributed by atoms with E-state index in [9.17, 15) is 0 Å². The SMILES string of the molecule is CC(CCCO)NC(CN)c1cc(Cl)ccc1Br. The van der Waals surface area contributed by atoms with E-state index in [4.69, 9.17) is 22.4 Å². The number of aliphatic hydroxyl groups is 1. The molecule has 0 amide bonds. The lowest BCUT2D eigenvalue weighted by Gasteiger charge is -2.23. The Morgan fingerprint density at radius 2 is 2.22 bits per heavy atom. The summed E-state index contributed by atoms with van der Waals surface area (Å²) in [6, 6.07) is 6.07. The Labute approximate surface area is 122 Å². The van der Waals surface area contributed by atoms with Crippen molar-refractivity contribution in [3.05, 3.63) is 33.3 Å². The van der Waals surface area contributed by atoms with Crippen LogP contribution in [0.15, 0.2) is 22.7 Å². The van der Waals surface area contributed by atoms with E-state index >= 15 is 0 Å². The van der Waals surface area contributed by atoms with Gasteiger partial charge in [-0.1, -0.05) is 27.5 Å². The molecule has 1 aromatic rings. The van der Waals surface area contributed by atoms with Crippen LogP contribution in [-0.4, -0.2) is 24.3 Å². The number of hydrogen-bond donors (Lipinski definition) is 3. The Morgan fingerprint density at radius 3 is 2.83 bits per heavy atom. The molecule has 0 aliphatic carbocycles. The van der Waals surface area contributed by atoms with Gasteiger partial charge in [-0.3, -0.25) is 0 Å². The van der Waals surface area contributed by atoms with Crippen molar-refractivity contribution in [1.29, 1.82) is 0 Å². The van der Waals surface area contributed by atoms with Crippen molar-refractivity contribution in [2.75, 3.05) is 13.2 Å². The second-order valence-corrected chi connectivity index (χ2v) is 5.68. The molecular formula is C13H20BrClN2O. The summed E-state index contributed by atoms with van der Waals surface area (Å²) in [5, 5.41) is 13.0. The summed E-state index contributed by atoms with van der Waals surface area (Å²) in [4.78, 5) is 0. The van der Waals surface area contributed by atoms with E-state index in [-0.39, 0.29) is 12.6 Å². The molecule has 1 rings (SSSR count). The third-order valence-corrected chi connectivity index (χ3v) is 3.81. The summed E-state index contributed by atoms with van der Waals surface area (Å²) >= 11 is 9.54. The molecule has 0 radical (unpaired) electrons. The van der Waals surface area contributed by atoms with Crippen LogP contribution in [0, 0.1) is 0 Å². The lowest BCUT2D eigenvalue weighted by atomic mass is 10.0. The monoisotopic (exact) mass is 334 g/mol. The number of hydrogen-bond acceptors (Lipinski definition) is 3. The van der Waals surface area contributed by atoms with Crippen LogP contribution >= 0.6 is 27.5 Å². The molecule has 3 nitrogen and oxygen atoms in total. The molecule has 0 saturated carbocycles. The zero-order valence-corrected chi connectivity index (χ0v) is 12.8. The van der Waals surface area contributed by atoms with Crippen molar-refractivity contribution in [3.63, 3.8) is 0 Å². The first kappa shape index (κ1) is 15.9. The molecule has 102 valence electrons. The Morgan fingerprint density at radius 1 is 1.50 bits per heavy atom. The highest BCUT2D eigenvalue weighted by molar-refractivity contribution is 9.10. The van der Waals surface area contributed by atoms with Crippen LogP contribution < -0.4 is 11.1 Å². The van der Waals surface area contributed by atoms with Crippen LogP contribution in [0.3, 0.4) is 0 Å². The van der Waals surface area contributed by atoms with E-state index in [1.165, 1.54) is 0 Å². The second kappa shape index (κ2) is 8.12. The average molecular weight is 336 g/mol. The van der Waals surface area contributed by atoms with Crippen LogP contribution in [0.1, 0.15) is 31.4 Å². The first-order chi connectivity index (χ1) is 8.58. The van der Waals surface area contributed by atoms with Gasteiger partial charge in [0.2, 0.25) is 0 Å². The minimum atomic E-state index is 0.0618. The van der Waals surface area contributed by atoms with Crippen molar-refractivity contribution in [2.24, 2.45) is 5.73 Å². The Bertz CT molecular complexity index is 376. The first-order valence-electron chi connectivity index (χ1n) is 6.10. The number of rotatable bonds is 7. The fourth-order valence-corrected chi connectivity index (χ4v) is 2.59. The van der Waals surface area contributed by atoms with Crippen molar-refractivity contribution in [1.82, 2.24) is 5.32 Å². The highest BCUT2D eigenvalue weighted by Gasteiger charge is 2.15. The van der Waals surface area contributed by atoms with Gasteiger partial charge in [-0.15, -0.1) is 0 Å². The van der Waals surface area contributed by atoms with Gasteiger partial charge in [-0.05, 0) is 43.5 Å². The number of halogens is 2. The zero-order valence-electron chi connectivity index (χ0n) is 10.5. The molecule has 0 heterocycles. The van der Waals surface area contributed by atoms with Gasteiger partial charge >= 0.3 is 0 Å². The predicted octanol–water partition coefficient (Wildman–Crippen LogP) is 2.85. The fraction of sp³-hybridized carbons (Fsp3) is 0.538. The van der Waals surface area contributed by atoms with E-state index in [1.54, 1.807) is 0 Å². The van der Waals surface area contributed by atoms with E-state index in [2.05, 4.69) is 28.2 Å². The molecule has 2 atom stereocenters. The van der Waals surface area contributed by atoms with Crippen molar-refractivity contribution in [3.8, 4) is 0 Å². The lowest BCUT2D eigenvalue weighted by Crippen LogP contribution is -2.35. The van der Waals surface area contributed by atoms with Crippen LogP contribution in [-0.2, 0) is 0 Å². The minimum absolute atomic E-state index is 0.0618. The van der Waals surface area contributed by atoms with Crippen molar-refractivity contribution in [2.45, 2.75) is 31.8 Å². The van der Waals surface area contributed by atoms with Crippen LogP contribution in [0.5, 0.6) is 0 Å². The summed E-state index contributed by atoms with van der Waals surface area (Å²) in [6.45, 7) is 2.82. The Hall–Kier alpha value is -0.130. The lowest BCUT2D eigenvalue weighted by molar-refractivity contribution is 0.274. The molecule has 0 aromatic heterocycles. The van der Waals surface area contributed by atoms with Crippen LogP contribution in [0.4, 0.5) is 0 Å². The molecule has 0 fully saturated rings. The third kappa shape index (κ3) is 4.86. The van der Waals surface area contributed by atoms with Gasteiger partial charge in [-0.2, -0.15) is 0 Å². The van der Waals surface area contributed by atoms with E-state index in [1.807, 2.05) is 18.2 Å². The number of benzene rings is 1. The molecule has 0 aliphatic heterocycles. The second-order valence-electron chi connectivity index (χ2n) is 4.39. The Kier molecular flexibility index (Phi) is 7.19. The van der Waals surface area contributed by atoms with Gasteiger partial charge in [0.05, 0.1) is 0 Å². The largest absolute Gasteiger partial charge is 0.396 e. The highest BCUT2D eigenvalue weighted by Crippen LogP contribution is 2.26. The molecule has 4 N–H and O–H groups in total.